The third-order valence-corrected chi connectivity index (χ3v) is 11.1. The van der Waals surface area contributed by atoms with Crippen molar-refractivity contribution < 1.29 is 39.9 Å². The number of carbonyl (C=O) groups is 2. The Hall–Kier alpha value is -1.06. The van der Waals surface area contributed by atoms with Gasteiger partial charge in [0.25, 0.3) is 0 Å². The number of ether oxygens (including phenoxy) is 1. The topological polar surface area (TPSA) is 145 Å². The largest absolute Gasteiger partial charge is 0.481 e. The molecule has 0 aromatic rings. The summed E-state index contributed by atoms with van der Waals surface area (Å²) in [6, 6.07) is 0. The van der Waals surface area contributed by atoms with Crippen LogP contribution in [0.25, 0.3) is 0 Å². The fraction of sp³-hybridized carbons (Fsp3) is 0.923. The molecule has 5 rings (SSSR count). The van der Waals surface area contributed by atoms with Crippen molar-refractivity contribution in [2.75, 3.05) is 0 Å². The first-order valence-electron chi connectivity index (χ1n) is 13.1. The highest BCUT2D eigenvalue weighted by Gasteiger charge is 2.61. The number of hydrogen-bond donors (Lipinski definition) is 5. The van der Waals surface area contributed by atoms with Crippen molar-refractivity contribution in [3.05, 3.63) is 0 Å². The van der Waals surface area contributed by atoms with Crippen LogP contribution in [-0.4, -0.2) is 73.9 Å². The van der Waals surface area contributed by atoms with Gasteiger partial charge >= 0.3 is 5.97 Å². The number of fused-ring (bicyclic) bond motifs is 5. The molecule has 5 aliphatic carbocycles. The van der Waals surface area contributed by atoms with Crippen LogP contribution in [0, 0.1) is 40.4 Å². The first kappa shape index (κ1) is 24.6. The maximum atomic E-state index is 12.6. The van der Waals surface area contributed by atoms with E-state index in [0.717, 1.165) is 57.8 Å². The molecule has 0 amide bonds. The molecule has 0 spiro atoms. The van der Waals surface area contributed by atoms with Crippen molar-refractivity contribution in [1.29, 1.82) is 0 Å². The number of carboxylic acids is 1. The first-order chi connectivity index (χ1) is 16.0. The molecule has 0 aromatic carbocycles. The van der Waals surface area contributed by atoms with Crippen molar-refractivity contribution in [3.8, 4) is 0 Å². The lowest BCUT2D eigenvalue weighted by atomic mass is 9.45. The molecule has 5 saturated carbocycles. The van der Waals surface area contributed by atoms with Gasteiger partial charge in [-0.1, -0.05) is 13.8 Å². The van der Waals surface area contributed by atoms with Gasteiger partial charge in [0.2, 0.25) is 0 Å². The van der Waals surface area contributed by atoms with Gasteiger partial charge in [-0.3, -0.25) is 9.59 Å². The Bertz CT molecular complexity index is 832. The number of rotatable bonds is 3. The van der Waals surface area contributed by atoms with Crippen LogP contribution in [0.5, 0.6) is 0 Å². The summed E-state index contributed by atoms with van der Waals surface area (Å²) in [6.07, 6.45) is 0.353. The summed E-state index contributed by atoms with van der Waals surface area (Å²) in [5.74, 6) is -0.468. The molecular weight excluding hydrogens is 440 g/mol. The summed E-state index contributed by atoms with van der Waals surface area (Å²) >= 11 is 0. The highest BCUT2D eigenvalue weighted by molar-refractivity contribution is 5.87. The highest BCUT2D eigenvalue weighted by Crippen LogP contribution is 2.65. The molecule has 0 bridgehead atoms. The van der Waals surface area contributed by atoms with Crippen LogP contribution in [-0.2, 0) is 14.3 Å². The second-order valence-corrected chi connectivity index (χ2v) is 12.4. The van der Waals surface area contributed by atoms with Gasteiger partial charge in [0.05, 0.1) is 18.3 Å². The van der Waals surface area contributed by atoms with E-state index in [1.54, 1.807) is 0 Å². The molecule has 192 valence electrons. The summed E-state index contributed by atoms with van der Waals surface area (Å²) in [4.78, 5) is 24.2. The molecule has 8 nitrogen and oxygen atoms in total. The van der Waals surface area contributed by atoms with Gasteiger partial charge in [0.1, 0.15) is 30.0 Å². The van der Waals surface area contributed by atoms with Gasteiger partial charge in [-0.25, -0.2) is 0 Å². The maximum Gasteiger partial charge on any atom is 0.312 e. The molecule has 5 fully saturated rings. The zero-order valence-corrected chi connectivity index (χ0v) is 20.2. The number of Topliss-reactive ketones (excluding diaryl/α,β-unsaturated/α-hetero) is 1. The molecule has 0 radical (unpaired) electrons. The Balaban J connectivity index is 1.29. The van der Waals surface area contributed by atoms with Gasteiger partial charge in [-0.05, 0) is 80.5 Å². The Labute approximate surface area is 200 Å². The Morgan fingerprint density at radius 1 is 0.882 bits per heavy atom. The van der Waals surface area contributed by atoms with Gasteiger partial charge in [0.15, 0.2) is 0 Å². The molecule has 5 aliphatic rings. The van der Waals surface area contributed by atoms with Gasteiger partial charge < -0.3 is 30.3 Å². The maximum absolute atomic E-state index is 12.6. The van der Waals surface area contributed by atoms with Crippen molar-refractivity contribution >= 4 is 11.8 Å². The molecule has 0 aromatic heterocycles. The van der Waals surface area contributed by atoms with E-state index >= 15 is 0 Å². The smallest absolute Gasteiger partial charge is 0.312 e. The van der Waals surface area contributed by atoms with E-state index in [4.69, 9.17) is 4.74 Å². The summed E-state index contributed by atoms with van der Waals surface area (Å²) in [6.45, 7) is 4.59. The van der Waals surface area contributed by atoms with Crippen LogP contribution < -0.4 is 0 Å². The van der Waals surface area contributed by atoms with Crippen LogP contribution in [0.4, 0.5) is 0 Å². The average Bonchev–Trinajstić information content (AvgIpc) is 3.09. The van der Waals surface area contributed by atoms with E-state index in [2.05, 4.69) is 13.8 Å². The predicted octanol–water partition coefficient (Wildman–Crippen LogP) is 1.51. The highest BCUT2D eigenvalue weighted by atomic mass is 16.5. The molecular formula is C26H40O8. The number of aliphatic hydroxyl groups is 4. The molecule has 13 atom stereocenters. The zero-order chi connectivity index (χ0) is 24.6. The first-order valence-corrected chi connectivity index (χ1v) is 13.1. The van der Waals surface area contributed by atoms with E-state index in [-0.39, 0.29) is 16.9 Å². The molecule has 8 heteroatoms. The molecule has 0 saturated heterocycles. The minimum absolute atomic E-state index is 0.135. The molecule has 13 unspecified atom stereocenters. The van der Waals surface area contributed by atoms with Crippen LogP contribution in [0.1, 0.15) is 71.6 Å². The minimum atomic E-state index is -1.76. The van der Waals surface area contributed by atoms with Crippen molar-refractivity contribution in [1.82, 2.24) is 0 Å². The van der Waals surface area contributed by atoms with E-state index in [9.17, 15) is 35.1 Å². The van der Waals surface area contributed by atoms with Crippen LogP contribution in [0.15, 0.2) is 0 Å². The lowest BCUT2D eigenvalue weighted by Crippen LogP contribution is -2.64. The SMILES string of the molecule is CC12CCC3C(CCC4CC(OC5C(O)C(O)C(O)C(C(=O)O)C5O)CCC43C)C1CCC2=O. The molecule has 34 heavy (non-hydrogen) atoms. The Morgan fingerprint density at radius 2 is 1.62 bits per heavy atom. The van der Waals surface area contributed by atoms with Crippen molar-refractivity contribution in [2.24, 2.45) is 40.4 Å². The standard InChI is InChI=1S/C26H40O8/c1-25-9-7-13(34-23-20(29)18(24(32)33)19(28)21(30)22(23)31)11-12(25)3-4-14-15-5-6-17(27)26(15,2)10-8-16(14)25/h12-16,18-23,28-31H,3-11H2,1-2H3,(H,32,33). The predicted molar refractivity (Wildman–Crippen MR) is 121 cm³/mol. The monoisotopic (exact) mass is 480 g/mol. The third kappa shape index (κ3) is 3.51. The normalized spacial score (nSPS) is 55.2. The quantitative estimate of drug-likeness (QED) is 0.409. The van der Waals surface area contributed by atoms with Crippen molar-refractivity contribution in [3.63, 3.8) is 0 Å². The zero-order valence-electron chi connectivity index (χ0n) is 20.2. The number of aliphatic carboxylic acids is 1. The number of carboxylic acid groups (broad SMARTS) is 1. The number of ketones is 1. The lowest BCUT2D eigenvalue weighted by Gasteiger charge is -2.60. The summed E-state index contributed by atoms with van der Waals surface area (Å²) < 4.78 is 6.11. The number of hydrogen-bond acceptors (Lipinski definition) is 7. The van der Waals surface area contributed by atoms with Crippen molar-refractivity contribution in [2.45, 2.75) is 108 Å². The third-order valence-electron chi connectivity index (χ3n) is 11.1. The van der Waals surface area contributed by atoms with Crippen LogP contribution in [0.2, 0.25) is 0 Å². The van der Waals surface area contributed by atoms with Crippen LogP contribution in [0.3, 0.4) is 0 Å². The minimum Gasteiger partial charge on any atom is -0.481 e. The fourth-order valence-electron chi connectivity index (χ4n) is 9.01. The van der Waals surface area contributed by atoms with Gasteiger partial charge in [0, 0.05) is 11.8 Å². The van der Waals surface area contributed by atoms with Gasteiger partial charge in [-0.2, -0.15) is 0 Å². The lowest BCUT2D eigenvalue weighted by molar-refractivity contribution is -0.240. The Morgan fingerprint density at radius 3 is 2.32 bits per heavy atom. The van der Waals surface area contributed by atoms with E-state index < -0.39 is 42.4 Å². The van der Waals surface area contributed by atoms with E-state index in [1.807, 2.05) is 0 Å². The molecule has 5 N–H and O–H groups in total. The Kier molecular flexibility index (Phi) is 6.16. The second-order valence-electron chi connectivity index (χ2n) is 12.4. The number of carbonyl (C=O) groups excluding carboxylic acids is 1. The van der Waals surface area contributed by atoms with Crippen LogP contribution >= 0.6 is 0 Å². The summed E-state index contributed by atoms with van der Waals surface area (Å²) in [7, 11) is 0. The second kappa shape index (κ2) is 8.51. The van der Waals surface area contributed by atoms with E-state index in [0.29, 0.717) is 29.5 Å². The summed E-state index contributed by atoms with van der Waals surface area (Å²) in [5.41, 5.74) is 0.0306. The molecule has 0 aliphatic heterocycles. The molecule has 0 heterocycles. The van der Waals surface area contributed by atoms with E-state index in [1.165, 1.54) is 0 Å². The van der Waals surface area contributed by atoms with Gasteiger partial charge in [-0.15, -0.1) is 0 Å². The fourth-order valence-corrected chi connectivity index (χ4v) is 9.01. The number of aliphatic hydroxyl groups excluding tert-OH is 4. The summed E-state index contributed by atoms with van der Waals surface area (Å²) in [5, 5.41) is 50.7. The average molecular weight is 481 g/mol.